The van der Waals surface area contributed by atoms with Crippen molar-refractivity contribution >= 4 is 16.9 Å². The van der Waals surface area contributed by atoms with Crippen molar-refractivity contribution in [3.05, 3.63) is 41.7 Å². The van der Waals surface area contributed by atoms with Crippen LogP contribution in [0.3, 0.4) is 0 Å². The largest absolute Gasteiger partial charge is 0.480 e. The molecule has 7 heteroatoms. The van der Waals surface area contributed by atoms with Crippen LogP contribution in [0.2, 0.25) is 0 Å². The fourth-order valence-electron chi connectivity index (χ4n) is 2.10. The van der Waals surface area contributed by atoms with Gasteiger partial charge in [0.15, 0.2) is 0 Å². The molecular formula is C13H12FN5O. The SMILES string of the molecule is COc1ncnc2[nH]cc(Cc3ccc(N)nc3F)c12. The topological polar surface area (TPSA) is 89.7 Å². The van der Waals surface area contributed by atoms with E-state index in [2.05, 4.69) is 19.9 Å². The molecule has 3 N–H and O–H groups in total. The molecule has 0 radical (unpaired) electrons. The molecule has 0 unspecified atom stereocenters. The van der Waals surface area contributed by atoms with E-state index in [4.69, 9.17) is 10.5 Å². The van der Waals surface area contributed by atoms with E-state index in [1.807, 2.05) is 0 Å². The molecule has 0 aliphatic carbocycles. The minimum Gasteiger partial charge on any atom is -0.480 e. The molecule has 0 fully saturated rings. The number of rotatable bonds is 3. The van der Waals surface area contributed by atoms with Crippen LogP contribution in [0.1, 0.15) is 11.1 Å². The number of nitrogens with one attached hydrogen (secondary N) is 1. The summed E-state index contributed by atoms with van der Waals surface area (Å²) in [5, 5.41) is 0.742. The number of pyridine rings is 1. The Morgan fingerprint density at radius 3 is 2.90 bits per heavy atom. The zero-order chi connectivity index (χ0) is 14.1. The summed E-state index contributed by atoms with van der Waals surface area (Å²) in [5.74, 6) is 0.0383. The Kier molecular flexibility index (Phi) is 2.94. The summed E-state index contributed by atoms with van der Waals surface area (Å²) in [5.41, 5.74) is 7.37. The van der Waals surface area contributed by atoms with Gasteiger partial charge in [0, 0.05) is 18.2 Å². The van der Waals surface area contributed by atoms with Crippen LogP contribution < -0.4 is 10.5 Å². The van der Waals surface area contributed by atoms with Crippen molar-refractivity contribution in [1.29, 1.82) is 0 Å². The smallest absolute Gasteiger partial charge is 0.226 e. The monoisotopic (exact) mass is 273 g/mol. The van der Waals surface area contributed by atoms with Crippen molar-refractivity contribution in [1.82, 2.24) is 19.9 Å². The van der Waals surface area contributed by atoms with Crippen LogP contribution in [0.5, 0.6) is 5.88 Å². The highest BCUT2D eigenvalue weighted by molar-refractivity contribution is 5.85. The third-order valence-electron chi connectivity index (χ3n) is 3.04. The number of nitrogens with two attached hydrogens (primary N) is 1. The summed E-state index contributed by atoms with van der Waals surface area (Å²) in [7, 11) is 1.53. The predicted octanol–water partition coefficient (Wildman–Crippen LogP) is 1.67. The molecule has 20 heavy (non-hydrogen) atoms. The van der Waals surface area contributed by atoms with Gasteiger partial charge in [0.05, 0.1) is 12.5 Å². The summed E-state index contributed by atoms with van der Waals surface area (Å²) in [6.07, 6.45) is 3.52. The number of aromatic nitrogens is 4. The van der Waals surface area contributed by atoms with Crippen molar-refractivity contribution in [3.63, 3.8) is 0 Å². The summed E-state index contributed by atoms with van der Waals surface area (Å²) in [4.78, 5) is 14.8. The van der Waals surface area contributed by atoms with Crippen LogP contribution in [0.15, 0.2) is 24.7 Å². The van der Waals surface area contributed by atoms with Gasteiger partial charge in [-0.1, -0.05) is 6.07 Å². The normalized spacial score (nSPS) is 10.9. The quantitative estimate of drug-likeness (QED) is 0.708. The van der Waals surface area contributed by atoms with E-state index in [1.165, 1.54) is 13.4 Å². The van der Waals surface area contributed by atoms with Gasteiger partial charge in [0.2, 0.25) is 11.8 Å². The first-order valence-electron chi connectivity index (χ1n) is 5.95. The molecule has 102 valence electrons. The maximum Gasteiger partial charge on any atom is 0.226 e. The number of aromatic amines is 1. The van der Waals surface area contributed by atoms with Gasteiger partial charge in [0.25, 0.3) is 0 Å². The van der Waals surface area contributed by atoms with Gasteiger partial charge in [-0.15, -0.1) is 0 Å². The maximum absolute atomic E-state index is 13.8. The van der Waals surface area contributed by atoms with E-state index in [9.17, 15) is 4.39 Å². The van der Waals surface area contributed by atoms with E-state index in [0.717, 1.165) is 10.9 Å². The van der Waals surface area contributed by atoms with Crippen LogP contribution in [0, 0.1) is 5.95 Å². The van der Waals surface area contributed by atoms with Crippen LogP contribution >= 0.6 is 0 Å². The van der Waals surface area contributed by atoms with E-state index in [-0.39, 0.29) is 5.82 Å². The molecule has 3 heterocycles. The van der Waals surface area contributed by atoms with Crippen molar-refractivity contribution in [2.75, 3.05) is 12.8 Å². The number of hydrogen-bond donors (Lipinski definition) is 2. The number of nitrogen functional groups attached to an aromatic ring is 1. The second-order valence-electron chi connectivity index (χ2n) is 4.28. The second-order valence-corrected chi connectivity index (χ2v) is 4.28. The van der Waals surface area contributed by atoms with Crippen LogP contribution in [-0.2, 0) is 6.42 Å². The van der Waals surface area contributed by atoms with E-state index in [0.29, 0.717) is 23.5 Å². The number of nitrogens with zero attached hydrogens (tertiary/aromatic N) is 3. The molecule has 0 amide bonds. The number of anilines is 1. The Labute approximate surface area is 113 Å². The molecule has 3 rings (SSSR count). The third kappa shape index (κ3) is 2.03. The minimum atomic E-state index is -0.574. The molecule has 0 aliphatic heterocycles. The molecule has 6 nitrogen and oxygen atoms in total. The number of ether oxygens (including phenoxy) is 1. The number of methoxy groups -OCH3 is 1. The van der Waals surface area contributed by atoms with Crippen molar-refractivity contribution < 1.29 is 9.13 Å². The fourth-order valence-corrected chi connectivity index (χ4v) is 2.10. The van der Waals surface area contributed by atoms with Crippen LogP contribution in [-0.4, -0.2) is 27.0 Å². The Hall–Kier alpha value is -2.70. The van der Waals surface area contributed by atoms with Gasteiger partial charge in [-0.05, 0) is 11.6 Å². The van der Waals surface area contributed by atoms with Crippen molar-refractivity contribution in [2.24, 2.45) is 0 Å². The second kappa shape index (κ2) is 4.76. The lowest BCUT2D eigenvalue weighted by Gasteiger charge is -2.04. The van der Waals surface area contributed by atoms with Crippen molar-refractivity contribution in [3.8, 4) is 5.88 Å². The van der Waals surface area contributed by atoms with Gasteiger partial charge in [-0.25, -0.2) is 15.0 Å². The minimum absolute atomic E-state index is 0.158. The molecule has 0 saturated carbocycles. The molecule has 0 aromatic carbocycles. The average Bonchev–Trinajstić information content (AvgIpc) is 2.85. The Morgan fingerprint density at radius 2 is 2.15 bits per heavy atom. The molecule has 0 saturated heterocycles. The molecule has 0 bridgehead atoms. The zero-order valence-electron chi connectivity index (χ0n) is 10.7. The van der Waals surface area contributed by atoms with Gasteiger partial charge in [0.1, 0.15) is 17.8 Å². The first kappa shape index (κ1) is 12.3. The average molecular weight is 273 g/mol. The first-order valence-corrected chi connectivity index (χ1v) is 5.95. The molecule has 3 aromatic rings. The molecule has 0 atom stereocenters. The lowest BCUT2D eigenvalue weighted by Crippen LogP contribution is -1.99. The standard InChI is InChI=1S/C13H12FN5O/c1-20-13-10-8(5-16-12(10)17-6-18-13)4-7-2-3-9(15)19-11(7)14/h2-3,5-6H,4H2,1H3,(H2,15,19)(H,16,17,18). The fraction of sp³-hybridized carbons (Fsp3) is 0.154. The van der Waals surface area contributed by atoms with E-state index in [1.54, 1.807) is 18.3 Å². The molecule has 0 aliphatic rings. The lowest BCUT2D eigenvalue weighted by molar-refractivity contribution is 0.402. The summed E-state index contributed by atoms with van der Waals surface area (Å²) in [6, 6.07) is 3.19. The predicted molar refractivity (Wildman–Crippen MR) is 71.9 cm³/mol. The van der Waals surface area contributed by atoms with Gasteiger partial charge < -0.3 is 15.5 Å². The van der Waals surface area contributed by atoms with Gasteiger partial charge in [-0.2, -0.15) is 4.39 Å². The first-order chi connectivity index (χ1) is 9.69. The Bertz CT molecular complexity index is 771. The van der Waals surface area contributed by atoms with Gasteiger partial charge in [-0.3, -0.25) is 0 Å². The number of H-pyrrole nitrogens is 1. The molecule has 0 spiro atoms. The van der Waals surface area contributed by atoms with Gasteiger partial charge >= 0.3 is 0 Å². The third-order valence-corrected chi connectivity index (χ3v) is 3.04. The lowest BCUT2D eigenvalue weighted by atomic mass is 10.1. The highest BCUT2D eigenvalue weighted by atomic mass is 19.1. The summed E-state index contributed by atoms with van der Waals surface area (Å²) < 4.78 is 19.0. The van der Waals surface area contributed by atoms with Crippen molar-refractivity contribution in [2.45, 2.75) is 6.42 Å². The Balaban J connectivity index is 2.06. The molecule has 3 aromatic heterocycles. The highest BCUT2D eigenvalue weighted by Crippen LogP contribution is 2.27. The van der Waals surface area contributed by atoms with Crippen LogP contribution in [0.25, 0.3) is 11.0 Å². The number of halogens is 1. The highest BCUT2D eigenvalue weighted by Gasteiger charge is 2.14. The van der Waals surface area contributed by atoms with E-state index < -0.39 is 5.95 Å². The summed E-state index contributed by atoms with van der Waals surface area (Å²) >= 11 is 0. The summed E-state index contributed by atoms with van der Waals surface area (Å²) in [6.45, 7) is 0. The van der Waals surface area contributed by atoms with Crippen LogP contribution in [0.4, 0.5) is 10.2 Å². The maximum atomic E-state index is 13.8. The number of hydrogen-bond acceptors (Lipinski definition) is 5. The zero-order valence-corrected chi connectivity index (χ0v) is 10.7. The van der Waals surface area contributed by atoms with E-state index >= 15 is 0 Å². The Morgan fingerprint density at radius 1 is 1.30 bits per heavy atom. The molecular weight excluding hydrogens is 261 g/mol. The number of fused-ring (bicyclic) bond motifs is 1.